The molecule has 6 atom stereocenters. The van der Waals surface area contributed by atoms with Gasteiger partial charge in [-0.2, -0.15) is 0 Å². The normalized spacial score (nSPS) is 20.2. The van der Waals surface area contributed by atoms with Crippen molar-refractivity contribution in [3.63, 3.8) is 0 Å². The summed E-state index contributed by atoms with van der Waals surface area (Å²) in [5.41, 5.74) is -1.46. The van der Waals surface area contributed by atoms with Crippen molar-refractivity contribution in [2.75, 3.05) is 7.11 Å². The second kappa shape index (κ2) is 14.4. The Hall–Kier alpha value is -2.53. The highest BCUT2D eigenvalue weighted by atomic mass is 35.5. The van der Waals surface area contributed by atoms with E-state index in [1.807, 2.05) is 27.7 Å². The van der Waals surface area contributed by atoms with Crippen molar-refractivity contribution < 1.29 is 31.7 Å². The van der Waals surface area contributed by atoms with Gasteiger partial charge in [0.2, 0.25) is 0 Å². The maximum atomic E-state index is 13.7. The van der Waals surface area contributed by atoms with Gasteiger partial charge in [0.25, 0.3) is 5.91 Å². The number of rotatable bonds is 13. The van der Waals surface area contributed by atoms with Crippen molar-refractivity contribution in [1.82, 2.24) is 5.32 Å². The molecule has 0 aliphatic heterocycles. The molecular formula is C28H36ClF3N2O5S. The number of halogens is 4. The van der Waals surface area contributed by atoms with Crippen LogP contribution in [0, 0.1) is 22.7 Å². The van der Waals surface area contributed by atoms with Crippen molar-refractivity contribution in [3.05, 3.63) is 57.2 Å². The van der Waals surface area contributed by atoms with Gasteiger partial charge in [0.1, 0.15) is 5.83 Å². The molecule has 0 fully saturated rings. The Morgan fingerprint density at radius 3 is 2.40 bits per heavy atom. The molecule has 1 amide bonds. The number of carbonyl (C=O) groups is 2. The average molecular weight is 605 g/mol. The number of methoxy groups -OCH3 is 1. The summed E-state index contributed by atoms with van der Waals surface area (Å²) in [4.78, 5) is 36.6. The molecule has 1 N–H and O–H groups in total. The Morgan fingerprint density at radius 2 is 1.85 bits per heavy atom. The van der Waals surface area contributed by atoms with Gasteiger partial charge < -0.3 is 10.1 Å². The molecule has 0 heterocycles. The maximum absolute atomic E-state index is 13.7. The van der Waals surface area contributed by atoms with Gasteiger partial charge >= 0.3 is 5.97 Å². The van der Waals surface area contributed by atoms with Crippen LogP contribution in [0.2, 0.25) is 5.02 Å². The number of hydrogen-bond donors (Lipinski definition) is 1. The highest BCUT2D eigenvalue weighted by molar-refractivity contribution is 7.85. The minimum absolute atomic E-state index is 0.0730. The molecule has 0 saturated heterocycles. The number of carbonyl (C=O) groups excluding carboxylic acids is 2. The zero-order valence-corrected chi connectivity index (χ0v) is 25.0. The first kappa shape index (κ1) is 33.7. The van der Waals surface area contributed by atoms with E-state index in [-0.39, 0.29) is 39.7 Å². The van der Waals surface area contributed by atoms with Crippen LogP contribution < -0.4 is 5.32 Å². The molecular weight excluding hydrogens is 569 g/mol. The summed E-state index contributed by atoms with van der Waals surface area (Å²) in [7, 11) is -0.470. The quantitative estimate of drug-likeness (QED) is 0.191. The van der Waals surface area contributed by atoms with Gasteiger partial charge in [0, 0.05) is 17.2 Å². The monoisotopic (exact) mass is 604 g/mol. The topological polar surface area (TPSA) is 102 Å². The summed E-state index contributed by atoms with van der Waals surface area (Å²) in [5.74, 6) is -5.65. The Balaban J connectivity index is 2.24. The third kappa shape index (κ3) is 8.49. The van der Waals surface area contributed by atoms with Crippen LogP contribution in [0.1, 0.15) is 70.7 Å². The zero-order chi connectivity index (χ0) is 30.4. The number of nitrogens with zero attached hydrogens (tertiary/aromatic N) is 1. The molecule has 0 aromatic heterocycles. The number of amides is 1. The predicted octanol–water partition coefficient (Wildman–Crippen LogP) is 7.12. The Labute approximate surface area is 240 Å². The lowest BCUT2D eigenvalue weighted by atomic mass is 9.81. The van der Waals surface area contributed by atoms with Crippen LogP contribution in [0.4, 0.5) is 13.2 Å². The largest absolute Gasteiger partial charge is 0.467 e. The summed E-state index contributed by atoms with van der Waals surface area (Å²) in [6, 6.07) is 3.10. The van der Waals surface area contributed by atoms with Gasteiger partial charge in [0.05, 0.1) is 33.9 Å². The van der Waals surface area contributed by atoms with Crippen molar-refractivity contribution in [2.24, 2.45) is 22.9 Å². The molecule has 40 heavy (non-hydrogen) atoms. The molecule has 0 saturated carbocycles. The van der Waals surface area contributed by atoms with E-state index in [4.69, 9.17) is 16.3 Å². The Bertz CT molecular complexity index is 1210. The molecule has 12 heteroatoms. The van der Waals surface area contributed by atoms with E-state index in [9.17, 15) is 31.9 Å². The standard InChI is InChI=1S/C28H36ClF3N2O5S/c1-15(2)9-19(10-16(3)14-28(5,34-37)27(36)39-6)17(4)40(38)24-11-18(7-8-21(24)29)26(35)33-20-12-22(30)25(32)23(31)13-20/h7-8,11-12,15-17,19-20H,9-10,13-14H2,1-6H3,(H,33,35). The third-order valence-corrected chi connectivity index (χ3v) is 9.25. The SMILES string of the molecule is COC(=O)C(C)(CC(C)CC(CC(C)C)C(C)S(=O)c1cc(C(=O)NC2C=C(F)C(F)=C(F)C2)ccc1Cl)N=O. The minimum Gasteiger partial charge on any atom is -0.467 e. The van der Waals surface area contributed by atoms with E-state index in [2.05, 4.69) is 10.5 Å². The first-order valence-electron chi connectivity index (χ1n) is 13.0. The highest BCUT2D eigenvalue weighted by Gasteiger charge is 2.39. The maximum Gasteiger partial charge on any atom is 0.337 e. The first-order chi connectivity index (χ1) is 18.6. The second-order valence-corrected chi connectivity index (χ2v) is 13.1. The van der Waals surface area contributed by atoms with Gasteiger partial charge in [0.15, 0.2) is 17.2 Å². The number of benzene rings is 1. The zero-order valence-electron chi connectivity index (χ0n) is 23.4. The summed E-state index contributed by atoms with van der Waals surface area (Å²) in [5, 5.41) is 5.21. The molecule has 222 valence electrons. The molecule has 0 radical (unpaired) electrons. The van der Waals surface area contributed by atoms with E-state index >= 15 is 0 Å². The van der Waals surface area contributed by atoms with Gasteiger partial charge in [-0.15, -0.1) is 4.91 Å². The lowest BCUT2D eigenvalue weighted by molar-refractivity contribution is -0.147. The van der Waals surface area contributed by atoms with Crippen LogP contribution in [0.25, 0.3) is 0 Å². The van der Waals surface area contributed by atoms with Gasteiger partial charge in [-0.25, -0.2) is 18.0 Å². The van der Waals surface area contributed by atoms with E-state index in [0.717, 1.165) is 6.08 Å². The number of nitrogens with one attached hydrogen (secondary N) is 1. The van der Waals surface area contributed by atoms with Crippen LogP contribution in [0.15, 0.2) is 51.8 Å². The molecule has 0 bridgehead atoms. The van der Waals surface area contributed by atoms with Crippen molar-refractivity contribution >= 4 is 34.3 Å². The lowest BCUT2D eigenvalue weighted by Crippen LogP contribution is -2.37. The fourth-order valence-electron chi connectivity index (χ4n) is 4.98. The number of nitroso groups, excluding NO2 is 1. The number of esters is 1. The van der Waals surface area contributed by atoms with Crippen LogP contribution in [-0.4, -0.2) is 40.0 Å². The van der Waals surface area contributed by atoms with Gasteiger partial charge in [-0.3, -0.25) is 9.00 Å². The molecule has 0 spiro atoms. The highest BCUT2D eigenvalue weighted by Crippen LogP contribution is 2.35. The predicted molar refractivity (Wildman–Crippen MR) is 149 cm³/mol. The van der Waals surface area contributed by atoms with Gasteiger partial charge in [-0.05, 0) is 68.2 Å². The van der Waals surface area contributed by atoms with E-state index in [1.165, 1.54) is 32.2 Å². The summed E-state index contributed by atoms with van der Waals surface area (Å²) in [6.07, 6.45) is 1.66. The molecule has 6 unspecified atom stereocenters. The van der Waals surface area contributed by atoms with E-state index in [0.29, 0.717) is 12.8 Å². The molecule has 1 aliphatic rings. The Morgan fingerprint density at radius 1 is 1.20 bits per heavy atom. The fraction of sp³-hybridized carbons (Fsp3) is 0.571. The molecule has 1 aromatic rings. The van der Waals surface area contributed by atoms with Crippen LogP contribution >= 0.6 is 11.6 Å². The third-order valence-electron chi connectivity index (χ3n) is 6.97. The summed E-state index contributed by atoms with van der Waals surface area (Å²) >= 11 is 6.38. The number of allylic oxidation sites excluding steroid dienone is 2. The second-order valence-electron chi connectivity index (χ2n) is 11.0. The summed E-state index contributed by atoms with van der Waals surface area (Å²) < 4.78 is 59.0. The first-order valence-corrected chi connectivity index (χ1v) is 14.6. The average Bonchev–Trinajstić information content (AvgIpc) is 2.89. The van der Waals surface area contributed by atoms with Crippen LogP contribution in [0.5, 0.6) is 0 Å². The van der Waals surface area contributed by atoms with Crippen molar-refractivity contribution in [2.45, 2.75) is 82.0 Å². The smallest absolute Gasteiger partial charge is 0.337 e. The molecule has 2 rings (SSSR count). The molecule has 7 nitrogen and oxygen atoms in total. The summed E-state index contributed by atoms with van der Waals surface area (Å²) in [6.45, 7) is 9.19. The van der Waals surface area contributed by atoms with Crippen molar-refractivity contribution in [3.8, 4) is 0 Å². The van der Waals surface area contributed by atoms with E-state index in [1.54, 1.807) is 0 Å². The fourth-order valence-corrected chi connectivity index (χ4v) is 6.80. The van der Waals surface area contributed by atoms with Gasteiger partial charge in [-0.1, -0.05) is 44.5 Å². The molecule has 1 aromatic carbocycles. The van der Waals surface area contributed by atoms with Crippen LogP contribution in [-0.2, 0) is 20.3 Å². The lowest BCUT2D eigenvalue weighted by Gasteiger charge is -2.30. The molecule has 1 aliphatic carbocycles. The Kier molecular flexibility index (Phi) is 12.1. The number of ether oxygens (including phenoxy) is 1. The van der Waals surface area contributed by atoms with Crippen molar-refractivity contribution in [1.29, 1.82) is 0 Å². The van der Waals surface area contributed by atoms with E-state index < -0.39 is 63.4 Å². The minimum atomic E-state index is -1.67. The van der Waals surface area contributed by atoms with Crippen LogP contribution in [0.3, 0.4) is 0 Å². The number of hydrogen-bond acceptors (Lipinski definition) is 6.